The number of hydrogen-bond acceptors (Lipinski definition) is 3. The van der Waals surface area contributed by atoms with Gasteiger partial charge in [0.25, 0.3) is 0 Å². The Morgan fingerprint density at radius 1 is 1.29 bits per heavy atom. The van der Waals surface area contributed by atoms with Gasteiger partial charge in [-0.15, -0.1) is 5.10 Å². The van der Waals surface area contributed by atoms with Crippen molar-refractivity contribution >= 4 is 0 Å². The Balaban J connectivity index is 1.73. The molecule has 0 saturated heterocycles. The first-order valence-electron chi connectivity index (χ1n) is 7.89. The van der Waals surface area contributed by atoms with Crippen molar-refractivity contribution in [2.24, 2.45) is 13.0 Å². The summed E-state index contributed by atoms with van der Waals surface area (Å²) in [4.78, 5) is 0. The Kier molecular flexibility index (Phi) is 4.34. The lowest BCUT2D eigenvalue weighted by Gasteiger charge is -2.32. The topological polar surface area (TPSA) is 42.7 Å². The molecule has 2 unspecified atom stereocenters. The number of nitrogens with zero attached hydrogens (tertiary/aromatic N) is 3. The van der Waals surface area contributed by atoms with Gasteiger partial charge in [-0.1, -0.05) is 54.8 Å². The van der Waals surface area contributed by atoms with Gasteiger partial charge in [-0.05, 0) is 24.8 Å². The molecule has 1 N–H and O–H groups in total. The van der Waals surface area contributed by atoms with Crippen LogP contribution in [0.5, 0.6) is 0 Å². The predicted molar refractivity (Wildman–Crippen MR) is 83.7 cm³/mol. The minimum absolute atomic E-state index is 0.246. The molecule has 1 aliphatic carbocycles. The van der Waals surface area contributed by atoms with Gasteiger partial charge in [0.15, 0.2) is 0 Å². The van der Waals surface area contributed by atoms with Gasteiger partial charge in [0, 0.05) is 19.1 Å². The van der Waals surface area contributed by atoms with Crippen LogP contribution in [0.15, 0.2) is 36.5 Å². The molecule has 0 spiro atoms. The summed E-state index contributed by atoms with van der Waals surface area (Å²) in [5.41, 5.74) is 2.51. The highest BCUT2D eigenvalue weighted by Gasteiger charge is 2.24. The van der Waals surface area contributed by atoms with E-state index in [1.165, 1.54) is 31.2 Å². The molecule has 1 saturated carbocycles. The molecule has 1 aromatic heterocycles. The second kappa shape index (κ2) is 6.39. The molecule has 1 heterocycles. The Bertz CT molecular complexity index is 559. The minimum Gasteiger partial charge on any atom is -0.302 e. The summed E-state index contributed by atoms with van der Waals surface area (Å²) < 4.78 is 1.85. The van der Waals surface area contributed by atoms with E-state index in [1.807, 2.05) is 17.9 Å². The number of rotatable bonds is 6. The molecule has 2 aromatic rings. The summed E-state index contributed by atoms with van der Waals surface area (Å²) in [6.45, 7) is 2.19. The van der Waals surface area contributed by atoms with Gasteiger partial charge in [0.2, 0.25) is 0 Å². The van der Waals surface area contributed by atoms with Crippen LogP contribution < -0.4 is 5.32 Å². The average Bonchev–Trinajstić information content (AvgIpc) is 2.88. The van der Waals surface area contributed by atoms with Crippen LogP contribution in [0.2, 0.25) is 0 Å². The first-order valence-corrected chi connectivity index (χ1v) is 7.89. The van der Waals surface area contributed by atoms with E-state index in [9.17, 15) is 0 Å². The van der Waals surface area contributed by atoms with E-state index in [0.717, 1.165) is 11.6 Å². The largest absolute Gasteiger partial charge is 0.302 e. The van der Waals surface area contributed by atoms with Gasteiger partial charge in [-0.3, -0.25) is 4.68 Å². The zero-order valence-corrected chi connectivity index (χ0v) is 12.9. The minimum atomic E-state index is 0.246. The molecular formula is C17H24N4. The second-order valence-corrected chi connectivity index (χ2v) is 6.17. The van der Waals surface area contributed by atoms with Crippen molar-refractivity contribution in [2.45, 2.75) is 44.7 Å². The highest BCUT2D eigenvalue weighted by Crippen LogP contribution is 2.35. The lowest BCUT2D eigenvalue weighted by molar-refractivity contribution is 0.252. The van der Waals surface area contributed by atoms with E-state index in [1.54, 1.807) is 0 Å². The van der Waals surface area contributed by atoms with E-state index >= 15 is 0 Å². The van der Waals surface area contributed by atoms with Crippen molar-refractivity contribution in [3.8, 4) is 0 Å². The van der Waals surface area contributed by atoms with Crippen LogP contribution in [0.1, 0.15) is 55.9 Å². The lowest BCUT2D eigenvalue weighted by atomic mass is 9.79. The van der Waals surface area contributed by atoms with Gasteiger partial charge >= 0.3 is 0 Å². The molecule has 1 aliphatic rings. The second-order valence-electron chi connectivity index (χ2n) is 6.17. The van der Waals surface area contributed by atoms with Crippen LogP contribution >= 0.6 is 0 Å². The third-order valence-corrected chi connectivity index (χ3v) is 4.64. The molecule has 21 heavy (non-hydrogen) atoms. The molecule has 4 heteroatoms. The summed E-state index contributed by atoms with van der Waals surface area (Å²) in [5, 5.41) is 11.8. The van der Waals surface area contributed by atoms with Gasteiger partial charge in [-0.2, -0.15) is 0 Å². The highest BCUT2D eigenvalue weighted by atomic mass is 15.4. The fourth-order valence-corrected chi connectivity index (χ4v) is 3.12. The number of nitrogens with one attached hydrogen (secondary N) is 1. The molecule has 0 radical (unpaired) electrons. The van der Waals surface area contributed by atoms with Gasteiger partial charge in [0.05, 0.1) is 11.9 Å². The maximum Gasteiger partial charge on any atom is 0.0750 e. The molecule has 0 amide bonds. The van der Waals surface area contributed by atoms with E-state index < -0.39 is 0 Å². The molecule has 1 aromatic carbocycles. The monoisotopic (exact) mass is 284 g/mol. The van der Waals surface area contributed by atoms with E-state index in [4.69, 9.17) is 0 Å². The quantitative estimate of drug-likeness (QED) is 0.884. The van der Waals surface area contributed by atoms with Crippen molar-refractivity contribution < 1.29 is 0 Å². The molecule has 3 rings (SSSR count). The normalized spacial score (nSPS) is 18.2. The number of aryl methyl sites for hydroxylation is 1. The van der Waals surface area contributed by atoms with Crippen LogP contribution in [-0.2, 0) is 7.05 Å². The van der Waals surface area contributed by atoms with Crippen LogP contribution in [0.3, 0.4) is 0 Å². The predicted octanol–water partition coefficient (Wildman–Crippen LogP) is 3.40. The van der Waals surface area contributed by atoms with Crippen molar-refractivity contribution in [1.82, 2.24) is 20.3 Å². The molecule has 1 fully saturated rings. The van der Waals surface area contributed by atoms with E-state index in [-0.39, 0.29) is 6.04 Å². The smallest absolute Gasteiger partial charge is 0.0750 e. The Labute approximate surface area is 126 Å². The maximum atomic E-state index is 4.03. The Morgan fingerprint density at radius 3 is 2.62 bits per heavy atom. The van der Waals surface area contributed by atoms with Crippen molar-refractivity contribution in [3.63, 3.8) is 0 Å². The summed E-state index contributed by atoms with van der Waals surface area (Å²) in [5.74, 6) is 0.875. The summed E-state index contributed by atoms with van der Waals surface area (Å²) in [7, 11) is 1.95. The summed E-state index contributed by atoms with van der Waals surface area (Å²) >= 11 is 0. The maximum absolute atomic E-state index is 4.03. The first-order chi connectivity index (χ1) is 10.2. The zero-order chi connectivity index (χ0) is 14.7. The van der Waals surface area contributed by atoms with Crippen LogP contribution in [-0.4, -0.2) is 15.0 Å². The number of hydrogen-bond donors (Lipinski definition) is 1. The molecule has 2 atom stereocenters. The molecule has 0 bridgehead atoms. The number of benzene rings is 1. The molecule has 112 valence electrons. The van der Waals surface area contributed by atoms with E-state index in [2.05, 4.69) is 52.9 Å². The number of aromatic nitrogens is 3. The Morgan fingerprint density at radius 2 is 2.05 bits per heavy atom. The fourth-order valence-electron chi connectivity index (χ4n) is 3.12. The first kappa shape index (κ1) is 14.3. The highest BCUT2D eigenvalue weighted by molar-refractivity contribution is 5.20. The summed E-state index contributed by atoms with van der Waals surface area (Å²) in [6.07, 6.45) is 7.23. The van der Waals surface area contributed by atoms with Crippen LogP contribution in [0, 0.1) is 5.92 Å². The fraction of sp³-hybridized carbons (Fsp3) is 0.529. The van der Waals surface area contributed by atoms with Crippen LogP contribution in [0.25, 0.3) is 0 Å². The SMILES string of the molecule is CC(NC(CC1CCC1)c1ccccc1)c1cnnn1C. The van der Waals surface area contributed by atoms with Crippen molar-refractivity contribution in [2.75, 3.05) is 0 Å². The lowest BCUT2D eigenvalue weighted by Crippen LogP contribution is -2.29. The van der Waals surface area contributed by atoms with Crippen molar-refractivity contribution in [1.29, 1.82) is 0 Å². The third-order valence-electron chi connectivity index (χ3n) is 4.64. The molecule has 0 aliphatic heterocycles. The van der Waals surface area contributed by atoms with Gasteiger partial charge in [-0.25, -0.2) is 0 Å². The van der Waals surface area contributed by atoms with Gasteiger partial charge in [0.1, 0.15) is 0 Å². The summed E-state index contributed by atoms with van der Waals surface area (Å²) in [6, 6.07) is 11.4. The molecular weight excluding hydrogens is 260 g/mol. The third kappa shape index (κ3) is 3.32. The van der Waals surface area contributed by atoms with E-state index in [0.29, 0.717) is 6.04 Å². The Hall–Kier alpha value is -1.68. The van der Waals surface area contributed by atoms with Crippen molar-refractivity contribution in [3.05, 3.63) is 47.8 Å². The standard InChI is InChI=1S/C17H24N4/c1-13(17-12-18-20-21(17)2)19-16(11-14-7-6-8-14)15-9-4-3-5-10-15/h3-5,9-10,12-14,16,19H,6-8,11H2,1-2H3. The van der Waals surface area contributed by atoms with Gasteiger partial charge < -0.3 is 5.32 Å². The average molecular weight is 284 g/mol. The zero-order valence-electron chi connectivity index (χ0n) is 12.9. The molecule has 4 nitrogen and oxygen atoms in total. The van der Waals surface area contributed by atoms with Crippen LogP contribution in [0.4, 0.5) is 0 Å².